The fourth-order valence-electron chi connectivity index (χ4n) is 4.65. The topological polar surface area (TPSA) is 63.0 Å². The summed E-state index contributed by atoms with van der Waals surface area (Å²) in [5, 5.41) is 0.155. The van der Waals surface area contributed by atoms with Crippen molar-refractivity contribution in [2.75, 3.05) is 45.6 Å². The third kappa shape index (κ3) is 4.18. The van der Waals surface area contributed by atoms with Crippen LogP contribution in [0.5, 0.6) is 0 Å². The third-order valence-electron chi connectivity index (χ3n) is 6.34. The predicted octanol–water partition coefficient (Wildman–Crippen LogP) is 3.92. The zero-order valence-corrected chi connectivity index (χ0v) is 19.2. The fourth-order valence-corrected chi connectivity index (χ4v) is 5.05. The molecule has 1 aromatic heterocycles. The number of hydrogen-bond acceptors (Lipinski definition) is 6. The van der Waals surface area contributed by atoms with E-state index in [4.69, 9.17) is 9.15 Å². The Balaban J connectivity index is 1.53. The standard InChI is InChI=1S/C25H25FN2O4S/c1-33-18-6-3-16(4-7-18)22-21-23(29)19-15-17(26)5-8-20(19)32-24(21)25(30)28(22)10-2-9-27-11-13-31-14-12-27/h3-8,15,22H,2,9-14H2,1H3. The second kappa shape index (κ2) is 9.29. The number of ether oxygens (including phenoxy) is 1. The average molecular weight is 469 g/mol. The third-order valence-corrected chi connectivity index (χ3v) is 7.08. The Labute approximate surface area is 195 Å². The predicted molar refractivity (Wildman–Crippen MR) is 125 cm³/mol. The molecule has 1 atom stereocenters. The number of nitrogens with zero attached hydrogens (tertiary/aromatic N) is 2. The van der Waals surface area contributed by atoms with E-state index in [-0.39, 0.29) is 28.1 Å². The van der Waals surface area contributed by atoms with Crippen molar-refractivity contribution < 1.29 is 18.3 Å². The van der Waals surface area contributed by atoms with Crippen LogP contribution in [0.15, 0.2) is 56.6 Å². The lowest BCUT2D eigenvalue weighted by Crippen LogP contribution is -2.38. The highest BCUT2D eigenvalue weighted by atomic mass is 32.2. The number of morpholine rings is 1. The highest BCUT2D eigenvalue weighted by molar-refractivity contribution is 7.98. The second-order valence-electron chi connectivity index (χ2n) is 8.30. The lowest BCUT2D eigenvalue weighted by atomic mass is 9.98. The summed E-state index contributed by atoms with van der Waals surface area (Å²) >= 11 is 1.63. The summed E-state index contributed by atoms with van der Waals surface area (Å²) in [7, 11) is 0. The van der Waals surface area contributed by atoms with Gasteiger partial charge in [-0.3, -0.25) is 14.5 Å². The molecule has 3 aromatic rings. The van der Waals surface area contributed by atoms with Crippen LogP contribution >= 0.6 is 11.8 Å². The molecule has 0 bridgehead atoms. The molecule has 1 amide bonds. The van der Waals surface area contributed by atoms with E-state index in [1.807, 2.05) is 30.5 Å². The van der Waals surface area contributed by atoms with Gasteiger partial charge in [0.15, 0.2) is 5.43 Å². The molecule has 2 aliphatic rings. The van der Waals surface area contributed by atoms with Crippen molar-refractivity contribution in [1.82, 2.24) is 9.80 Å². The van der Waals surface area contributed by atoms with Crippen molar-refractivity contribution >= 4 is 28.6 Å². The Kier molecular flexibility index (Phi) is 6.23. The molecule has 0 aliphatic carbocycles. The molecule has 2 aromatic carbocycles. The van der Waals surface area contributed by atoms with Crippen LogP contribution in [0.2, 0.25) is 0 Å². The largest absolute Gasteiger partial charge is 0.450 e. The van der Waals surface area contributed by atoms with Gasteiger partial charge in [-0.1, -0.05) is 12.1 Å². The van der Waals surface area contributed by atoms with Crippen LogP contribution in [-0.4, -0.2) is 61.4 Å². The van der Waals surface area contributed by atoms with Crippen molar-refractivity contribution in [2.24, 2.45) is 0 Å². The Morgan fingerprint density at radius 2 is 1.82 bits per heavy atom. The first-order valence-electron chi connectivity index (χ1n) is 11.1. The summed E-state index contributed by atoms with van der Waals surface area (Å²) in [5.41, 5.74) is 1.00. The number of thioether (sulfide) groups is 1. The molecule has 6 nitrogen and oxygen atoms in total. The molecule has 2 aliphatic heterocycles. The molecule has 1 saturated heterocycles. The van der Waals surface area contributed by atoms with Gasteiger partial charge < -0.3 is 14.1 Å². The first kappa shape index (κ1) is 22.1. The zero-order valence-electron chi connectivity index (χ0n) is 18.4. The zero-order chi connectivity index (χ0) is 22.9. The smallest absolute Gasteiger partial charge is 0.290 e. The van der Waals surface area contributed by atoms with Crippen molar-refractivity contribution in [1.29, 1.82) is 0 Å². The van der Waals surface area contributed by atoms with Gasteiger partial charge in [-0.2, -0.15) is 0 Å². The number of carbonyl (C=O) groups excluding carboxylic acids is 1. The number of benzene rings is 2. The maximum absolute atomic E-state index is 13.9. The molecular formula is C25H25FN2O4S. The first-order chi connectivity index (χ1) is 16.1. The Morgan fingerprint density at radius 1 is 1.06 bits per heavy atom. The number of carbonyl (C=O) groups is 1. The van der Waals surface area contributed by atoms with Crippen LogP contribution in [0.4, 0.5) is 4.39 Å². The van der Waals surface area contributed by atoms with E-state index in [1.54, 1.807) is 16.7 Å². The highest BCUT2D eigenvalue weighted by Gasteiger charge is 2.42. The van der Waals surface area contributed by atoms with Crippen LogP contribution in [0.1, 0.15) is 34.1 Å². The van der Waals surface area contributed by atoms with Gasteiger partial charge in [-0.05, 0) is 48.6 Å². The fraction of sp³-hybridized carbons (Fsp3) is 0.360. The van der Waals surface area contributed by atoms with Gasteiger partial charge in [-0.25, -0.2) is 4.39 Å². The SMILES string of the molecule is CSc1ccc(C2c3c(oc4ccc(F)cc4c3=O)C(=O)N2CCCN2CCOCC2)cc1. The Morgan fingerprint density at radius 3 is 2.55 bits per heavy atom. The second-order valence-corrected chi connectivity index (χ2v) is 9.18. The molecule has 172 valence electrons. The highest BCUT2D eigenvalue weighted by Crippen LogP contribution is 2.38. The van der Waals surface area contributed by atoms with E-state index in [1.165, 1.54) is 18.2 Å². The lowest BCUT2D eigenvalue weighted by molar-refractivity contribution is 0.0353. The molecule has 0 spiro atoms. The van der Waals surface area contributed by atoms with E-state index in [9.17, 15) is 14.0 Å². The van der Waals surface area contributed by atoms with Crippen molar-refractivity contribution in [3.8, 4) is 0 Å². The quantitative estimate of drug-likeness (QED) is 0.511. The molecule has 0 radical (unpaired) electrons. The van der Waals surface area contributed by atoms with Gasteiger partial charge >= 0.3 is 0 Å². The Hall–Kier alpha value is -2.68. The maximum Gasteiger partial charge on any atom is 0.290 e. The van der Waals surface area contributed by atoms with Crippen LogP contribution in [0, 0.1) is 5.82 Å². The molecule has 33 heavy (non-hydrogen) atoms. The minimum absolute atomic E-state index is 0.0597. The van der Waals surface area contributed by atoms with Crippen molar-refractivity contribution in [2.45, 2.75) is 17.4 Å². The van der Waals surface area contributed by atoms with E-state index in [2.05, 4.69) is 4.90 Å². The normalized spacial score (nSPS) is 18.8. The molecule has 1 unspecified atom stereocenters. The lowest BCUT2D eigenvalue weighted by Gasteiger charge is -2.29. The molecule has 5 rings (SSSR count). The van der Waals surface area contributed by atoms with Crippen LogP contribution < -0.4 is 5.43 Å². The number of hydrogen-bond donors (Lipinski definition) is 0. The molecule has 0 N–H and O–H groups in total. The van der Waals surface area contributed by atoms with Gasteiger partial charge in [0, 0.05) is 31.1 Å². The molecule has 3 heterocycles. The average Bonchev–Trinajstić information content (AvgIpc) is 3.12. The summed E-state index contributed by atoms with van der Waals surface area (Å²) in [6.07, 6.45) is 2.76. The maximum atomic E-state index is 13.9. The molecular weight excluding hydrogens is 443 g/mol. The van der Waals surface area contributed by atoms with E-state index in [0.717, 1.165) is 49.7 Å². The van der Waals surface area contributed by atoms with Gasteiger partial charge in [0.05, 0.1) is 30.2 Å². The minimum Gasteiger partial charge on any atom is -0.450 e. The Bertz CT molecular complexity index is 1240. The van der Waals surface area contributed by atoms with Crippen LogP contribution in [0.25, 0.3) is 11.0 Å². The number of rotatable bonds is 6. The summed E-state index contributed by atoms with van der Waals surface area (Å²) in [5.74, 6) is -0.749. The van der Waals surface area contributed by atoms with Crippen LogP contribution in [-0.2, 0) is 4.74 Å². The minimum atomic E-state index is -0.558. The summed E-state index contributed by atoms with van der Waals surface area (Å²) in [6.45, 7) is 4.53. The van der Waals surface area contributed by atoms with E-state index >= 15 is 0 Å². The summed E-state index contributed by atoms with van der Waals surface area (Å²) < 4.78 is 25.2. The number of halogens is 1. The van der Waals surface area contributed by atoms with Gasteiger partial charge in [0.1, 0.15) is 11.4 Å². The number of fused-ring (bicyclic) bond motifs is 2. The van der Waals surface area contributed by atoms with Gasteiger partial charge in [0.25, 0.3) is 5.91 Å². The van der Waals surface area contributed by atoms with Crippen LogP contribution in [0.3, 0.4) is 0 Å². The van der Waals surface area contributed by atoms with Crippen molar-refractivity contribution in [3.05, 3.63) is 75.4 Å². The van der Waals surface area contributed by atoms with E-state index in [0.29, 0.717) is 12.1 Å². The summed E-state index contributed by atoms with van der Waals surface area (Å²) in [6, 6.07) is 11.1. The molecule has 0 saturated carbocycles. The molecule has 1 fully saturated rings. The van der Waals surface area contributed by atoms with Crippen molar-refractivity contribution in [3.63, 3.8) is 0 Å². The first-order valence-corrected chi connectivity index (χ1v) is 12.3. The van der Waals surface area contributed by atoms with E-state index < -0.39 is 11.9 Å². The number of amides is 1. The monoisotopic (exact) mass is 468 g/mol. The van der Waals surface area contributed by atoms with Gasteiger partial charge in [-0.15, -0.1) is 11.8 Å². The molecule has 8 heteroatoms. The van der Waals surface area contributed by atoms with Gasteiger partial charge in [0.2, 0.25) is 5.76 Å². The summed E-state index contributed by atoms with van der Waals surface area (Å²) in [4.78, 5) is 32.0.